The van der Waals surface area contributed by atoms with Crippen LogP contribution in [-0.4, -0.2) is 38.9 Å². The van der Waals surface area contributed by atoms with Gasteiger partial charge in [-0.3, -0.25) is 9.78 Å². The molecule has 4 rings (SSSR count). The topological polar surface area (TPSA) is 114 Å². The molecule has 0 spiro atoms. The number of phenols is 1. The Bertz CT molecular complexity index is 1090. The molecule has 1 aliphatic carbocycles. The van der Waals surface area contributed by atoms with E-state index in [1.807, 2.05) is 0 Å². The highest BCUT2D eigenvalue weighted by Crippen LogP contribution is 2.45. The Kier molecular flexibility index (Phi) is 5.03. The number of alkyl halides is 1. The molecule has 2 aromatic heterocycles. The van der Waals surface area contributed by atoms with Crippen LogP contribution < -0.4 is 11.1 Å². The van der Waals surface area contributed by atoms with E-state index in [4.69, 9.17) is 5.73 Å². The Hall–Kier alpha value is -3.62. The van der Waals surface area contributed by atoms with Crippen LogP contribution in [0, 0.1) is 5.82 Å². The highest BCUT2D eigenvalue weighted by atomic mass is 19.1. The molecular formula is C21H19F2N5O2. The van der Waals surface area contributed by atoms with Crippen molar-refractivity contribution in [1.82, 2.24) is 15.2 Å². The first-order valence-electron chi connectivity index (χ1n) is 9.34. The van der Waals surface area contributed by atoms with Crippen molar-refractivity contribution in [3.63, 3.8) is 0 Å². The number of nitrogens with one attached hydrogen (secondary N) is 1. The summed E-state index contributed by atoms with van der Waals surface area (Å²) in [6.45, 7) is 0.248. The number of halogens is 2. The average Bonchev–Trinajstić information content (AvgIpc) is 2.71. The van der Waals surface area contributed by atoms with Gasteiger partial charge in [0, 0.05) is 23.7 Å². The fraction of sp³-hybridized carbons (Fsp3) is 0.238. The summed E-state index contributed by atoms with van der Waals surface area (Å²) in [7, 11) is 0. The minimum atomic E-state index is -0.998. The molecule has 1 saturated carbocycles. The summed E-state index contributed by atoms with van der Waals surface area (Å²) in [6.07, 6.45) is 0.843. The molecular weight excluding hydrogens is 392 g/mol. The molecule has 1 aliphatic rings. The summed E-state index contributed by atoms with van der Waals surface area (Å²) in [4.78, 5) is 15.5. The Labute approximate surface area is 171 Å². The molecule has 0 aliphatic heterocycles. The molecule has 0 radical (unpaired) electrons. The number of para-hydroxylation sites is 1. The van der Waals surface area contributed by atoms with E-state index in [9.17, 15) is 18.7 Å². The van der Waals surface area contributed by atoms with Gasteiger partial charge in [0.15, 0.2) is 0 Å². The largest absolute Gasteiger partial charge is 0.506 e. The van der Waals surface area contributed by atoms with Crippen molar-refractivity contribution in [3.8, 4) is 17.0 Å². The third-order valence-corrected chi connectivity index (χ3v) is 5.34. The lowest BCUT2D eigenvalue weighted by atomic mass is 9.65. The van der Waals surface area contributed by atoms with Gasteiger partial charge in [0.25, 0.3) is 5.91 Å². The number of primary amides is 1. The molecule has 7 nitrogen and oxygen atoms in total. The lowest BCUT2D eigenvalue weighted by Crippen LogP contribution is -2.49. The third kappa shape index (κ3) is 3.54. The normalized spacial score (nSPS) is 20.4. The maximum Gasteiger partial charge on any atom is 0.252 e. The van der Waals surface area contributed by atoms with Crippen LogP contribution in [0.3, 0.4) is 0 Å². The van der Waals surface area contributed by atoms with Gasteiger partial charge < -0.3 is 16.2 Å². The fourth-order valence-corrected chi connectivity index (χ4v) is 3.76. The van der Waals surface area contributed by atoms with Gasteiger partial charge in [0.1, 0.15) is 23.6 Å². The highest BCUT2D eigenvalue weighted by molar-refractivity contribution is 5.97. The number of aromatic hydroxyl groups is 1. The number of nitrogens with zero attached hydrogens (tertiary/aromatic N) is 3. The van der Waals surface area contributed by atoms with Crippen LogP contribution in [0.4, 0.5) is 14.6 Å². The van der Waals surface area contributed by atoms with Gasteiger partial charge in [-0.1, -0.05) is 6.07 Å². The average molecular weight is 411 g/mol. The number of anilines is 1. The molecule has 0 bridgehead atoms. The number of nitrogens with two attached hydrogens (primary N) is 1. The minimum Gasteiger partial charge on any atom is -0.506 e. The van der Waals surface area contributed by atoms with E-state index >= 15 is 0 Å². The van der Waals surface area contributed by atoms with Gasteiger partial charge in [-0.15, -0.1) is 10.2 Å². The SMILES string of the molecule is NC(=O)c1cccc(-c2ccc(NCC3(c4ncccc4F)CC(F)C3)nn2)c1O. The van der Waals surface area contributed by atoms with Gasteiger partial charge in [-0.25, -0.2) is 8.78 Å². The number of rotatable bonds is 6. The van der Waals surface area contributed by atoms with E-state index in [0.717, 1.165) is 0 Å². The Morgan fingerprint density at radius 1 is 1.20 bits per heavy atom. The van der Waals surface area contributed by atoms with Gasteiger partial charge >= 0.3 is 0 Å². The minimum absolute atomic E-state index is 0.0124. The van der Waals surface area contributed by atoms with E-state index in [-0.39, 0.29) is 36.4 Å². The van der Waals surface area contributed by atoms with Crippen LogP contribution in [0.2, 0.25) is 0 Å². The van der Waals surface area contributed by atoms with Crippen LogP contribution in [0.25, 0.3) is 11.3 Å². The van der Waals surface area contributed by atoms with Crippen molar-refractivity contribution >= 4 is 11.7 Å². The number of carbonyl (C=O) groups excluding carboxylic acids is 1. The van der Waals surface area contributed by atoms with Crippen molar-refractivity contribution in [2.75, 3.05) is 11.9 Å². The zero-order chi connectivity index (χ0) is 21.3. The van der Waals surface area contributed by atoms with E-state index in [1.165, 1.54) is 24.4 Å². The van der Waals surface area contributed by atoms with Crippen molar-refractivity contribution in [2.24, 2.45) is 5.73 Å². The molecule has 0 unspecified atom stereocenters. The first kappa shape index (κ1) is 19.7. The smallest absolute Gasteiger partial charge is 0.252 e. The summed E-state index contributed by atoms with van der Waals surface area (Å²) in [6, 6.07) is 10.6. The maximum atomic E-state index is 14.2. The molecule has 0 saturated heterocycles. The van der Waals surface area contributed by atoms with Gasteiger partial charge in [0.2, 0.25) is 0 Å². The fourth-order valence-electron chi connectivity index (χ4n) is 3.76. The van der Waals surface area contributed by atoms with Crippen LogP contribution >= 0.6 is 0 Å². The third-order valence-electron chi connectivity index (χ3n) is 5.34. The lowest BCUT2D eigenvalue weighted by Gasteiger charge is -2.44. The monoisotopic (exact) mass is 411 g/mol. The summed E-state index contributed by atoms with van der Waals surface area (Å²) >= 11 is 0. The molecule has 3 aromatic rings. The molecule has 1 aromatic carbocycles. The summed E-state index contributed by atoms with van der Waals surface area (Å²) in [5.41, 5.74) is 5.39. The second-order valence-electron chi connectivity index (χ2n) is 7.34. The second kappa shape index (κ2) is 7.66. The molecule has 0 atom stereocenters. The molecule has 2 heterocycles. The first-order valence-corrected chi connectivity index (χ1v) is 9.34. The Balaban J connectivity index is 1.52. The maximum absolute atomic E-state index is 14.2. The Morgan fingerprint density at radius 2 is 2.00 bits per heavy atom. The van der Waals surface area contributed by atoms with Crippen LogP contribution in [-0.2, 0) is 5.41 Å². The van der Waals surface area contributed by atoms with Gasteiger partial charge in [0.05, 0.1) is 17.0 Å². The van der Waals surface area contributed by atoms with E-state index in [0.29, 0.717) is 17.1 Å². The van der Waals surface area contributed by atoms with Gasteiger partial charge in [-0.05, 0) is 49.2 Å². The van der Waals surface area contributed by atoms with E-state index in [2.05, 4.69) is 20.5 Å². The van der Waals surface area contributed by atoms with Crippen molar-refractivity contribution in [1.29, 1.82) is 0 Å². The Morgan fingerprint density at radius 3 is 2.63 bits per heavy atom. The summed E-state index contributed by atoms with van der Waals surface area (Å²) in [5, 5.41) is 21.5. The molecule has 9 heteroatoms. The number of hydrogen-bond donors (Lipinski definition) is 3. The van der Waals surface area contributed by atoms with Crippen molar-refractivity contribution in [3.05, 3.63) is 65.7 Å². The number of amides is 1. The van der Waals surface area contributed by atoms with Crippen LogP contribution in [0.15, 0.2) is 48.7 Å². The summed E-state index contributed by atoms with van der Waals surface area (Å²) < 4.78 is 27.9. The van der Waals surface area contributed by atoms with Crippen LogP contribution in [0.1, 0.15) is 28.9 Å². The van der Waals surface area contributed by atoms with E-state index in [1.54, 1.807) is 24.3 Å². The first-order chi connectivity index (χ1) is 14.4. The summed E-state index contributed by atoms with van der Waals surface area (Å²) in [5.74, 6) is -1.08. The zero-order valence-electron chi connectivity index (χ0n) is 15.8. The van der Waals surface area contributed by atoms with Crippen molar-refractivity contribution in [2.45, 2.75) is 24.4 Å². The molecule has 1 fully saturated rings. The molecule has 154 valence electrons. The predicted molar refractivity (Wildman–Crippen MR) is 106 cm³/mol. The van der Waals surface area contributed by atoms with Crippen LogP contribution in [0.5, 0.6) is 5.75 Å². The molecule has 30 heavy (non-hydrogen) atoms. The zero-order valence-corrected chi connectivity index (χ0v) is 15.8. The molecule has 1 amide bonds. The number of carbonyl (C=O) groups is 1. The van der Waals surface area contributed by atoms with E-state index < -0.39 is 23.3 Å². The predicted octanol–water partition coefficient (Wildman–Crippen LogP) is 2.96. The number of pyridine rings is 1. The lowest BCUT2D eigenvalue weighted by molar-refractivity contribution is 0.0963. The van der Waals surface area contributed by atoms with Crippen molar-refractivity contribution < 1.29 is 18.7 Å². The quantitative estimate of drug-likeness (QED) is 0.575. The van der Waals surface area contributed by atoms with Gasteiger partial charge in [-0.2, -0.15) is 0 Å². The molecule has 4 N–H and O–H groups in total. The second-order valence-corrected chi connectivity index (χ2v) is 7.34. The number of benzene rings is 1. The number of hydrogen-bond acceptors (Lipinski definition) is 6. The highest BCUT2D eigenvalue weighted by Gasteiger charge is 2.48. The standard InChI is InChI=1S/C21H19F2N5O2/c22-12-9-21(10-12,19-15(23)5-2-8-25-19)11-26-17-7-6-16(27-28-17)13-3-1-4-14(18(13)29)20(24)30/h1-8,12,29H,9-11H2,(H2,24,30)(H,26,28). The number of aromatic nitrogens is 3.